The molecule has 4 atom stereocenters. The number of H-pyrrole nitrogens is 1. The van der Waals surface area contributed by atoms with E-state index in [9.17, 15) is 19.8 Å². The first-order chi connectivity index (χ1) is 18.0. The topological polar surface area (TPSA) is 146 Å². The van der Waals surface area contributed by atoms with Gasteiger partial charge in [-0.2, -0.15) is 0 Å². The number of nitrogens with one attached hydrogen (secondary N) is 2. The van der Waals surface area contributed by atoms with Crippen molar-refractivity contribution < 1.29 is 34.1 Å². The molecule has 2 heterocycles. The number of morpholine rings is 1. The van der Waals surface area contributed by atoms with Crippen molar-refractivity contribution in [1.82, 2.24) is 15.2 Å². The maximum atomic E-state index is 13.4. The number of aliphatic hydroxyl groups is 2. The molecule has 210 valence electrons. The lowest BCUT2D eigenvalue weighted by Gasteiger charge is -2.32. The first-order valence-corrected chi connectivity index (χ1v) is 12.8. The molecule has 3 rings (SSSR count). The predicted octanol–water partition coefficient (Wildman–Crippen LogP) is 1.23. The number of benzene rings is 1. The van der Waals surface area contributed by atoms with Crippen LogP contribution in [0.1, 0.15) is 33.3 Å². The lowest BCUT2D eigenvalue weighted by atomic mass is 9.83. The van der Waals surface area contributed by atoms with Gasteiger partial charge in [0.1, 0.15) is 24.0 Å². The van der Waals surface area contributed by atoms with Crippen LogP contribution in [-0.4, -0.2) is 102 Å². The van der Waals surface area contributed by atoms with Gasteiger partial charge in [0.2, 0.25) is 5.91 Å². The maximum Gasteiger partial charge on any atom is 0.261 e. The second-order valence-corrected chi connectivity index (χ2v) is 10.6. The third-order valence-electron chi connectivity index (χ3n) is 6.47. The molecule has 1 aromatic carbocycles. The minimum Gasteiger partial charge on any atom is -0.390 e. The van der Waals surface area contributed by atoms with Crippen molar-refractivity contribution in [2.45, 2.75) is 58.5 Å². The fraction of sp³-hybridized carbons (Fsp3) is 0.593. The first-order valence-electron chi connectivity index (χ1n) is 12.8. The Kier molecular flexibility index (Phi) is 10.3. The largest absolute Gasteiger partial charge is 0.390 e. The van der Waals surface area contributed by atoms with E-state index < -0.39 is 42.3 Å². The van der Waals surface area contributed by atoms with Crippen LogP contribution in [-0.2, 0) is 30.3 Å². The molecular formula is C27H40N4O7. The number of oxime groups is 1. The SMILES string of the molecule is CO[C@H](/C(=N/OCC(=O)NC(Cc1c[nH]c2ccccc12)C(=O)N1CCOCC1)C(O)C(C)O)C(C)(C)C. The summed E-state index contributed by atoms with van der Waals surface area (Å²) in [4.78, 5) is 36.5. The summed E-state index contributed by atoms with van der Waals surface area (Å²) in [6.07, 6.45) is -1.01. The van der Waals surface area contributed by atoms with Gasteiger partial charge in [0.15, 0.2) is 6.61 Å². The molecule has 3 unspecified atom stereocenters. The number of carbonyl (C=O) groups is 2. The Hall–Kier alpha value is -2.99. The molecule has 11 nitrogen and oxygen atoms in total. The van der Waals surface area contributed by atoms with Crippen molar-refractivity contribution in [2.75, 3.05) is 40.0 Å². The average molecular weight is 533 g/mol. The van der Waals surface area contributed by atoms with Gasteiger partial charge in [0.05, 0.1) is 19.3 Å². The number of amides is 2. The summed E-state index contributed by atoms with van der Waals surface area (Å²) in [5, 5.41) is 28.2. The average Bonchev–Trinajstić information content (AvgIpc) is 3.29. The van der Waals surface area contributed by atoms with Crippen molar-refractivity contribution in [3.63, 3.8) is 0 Å². The molecule has 2 amide bonds. The predicted molar refractivity (Wildman–Crippen MR) is 143 cm³/mol. The third-order valence-corrected chi connectivity index (χ3v) is 6.47. The Morgan fingerprint density at radius 3 is 2.53 bits per heavy atom. The highest BCUT2D eigenvalue weighted by Crippen LogP contribution is 2.25. The van der Waals surface area contributed by atoms with E-state index in [1.54, 1.807) is 4.90 Å². The number of hydrogen-bond acceptors (Lipinski definition) is 8. The molecule has 0 radical (unpaired) electrons. The van der Waals surface area contributed by atoms with Gasteiger partial charge in [-0.3, -0.25) is 9.59 Å². The van der Waals surface area contributed by atoms with Gasteiger partial charge in [-0.1, -0.05) is 44.1 Å². The van der Waals surface area contributed by atoms with Crippen LogP contribution in [0.3, 0.4) is 0 Å². The van der Waals surface area contributed by atoms with Crippen molar-refractivity contribution in [3.8, 4) is 0 Å². The molecule has 1 saturated heterocycles. The van der Waals surface area contributed by atoms with Crippen LogP contribution in [0.2, 0.25) is 0 Å². The van der Waals surface area contributed by atoms with Crippen molar-refractivity contribution in [1.29, 1.82) is 0 Å². The molecular weight excluding hydrogens is 492 g/mol. The zero-order valence-corrected chi connectivity index (χ0v) is 22.8. The Morgan fingerprint density at radius 1 is 1.21 bits per heavy atom. The van der Waals surface area contributed by atoms with Crippen LogP contribution >= 0.6 is 0 Å². The number of aliphatic hydroxyl groups excluding tert-OH is 2. The lowest BCUT2D eigenvalue weighted by Crippen LogP contribution is -2.53. The van der Waals surface area contributed by atoms with Gasteiger partial charge in [0.25, 0.3) is 5.91 Å². The van der Waals surface area contributed by atoms with Gasteiger partial charge in [-0.25, -0.2) is 0 Å². The van der Waals surface area contributed by atoms with Crippen LogP contribution in [0.15, 0.2) is 35.6 Å². The summed E-state index contributed by atoms with van der Waals surface area (Å²) >= 11 is 0. The van der Waals surface area contributed by atoms with Crippen molar-refractivity contribution in [2.24, 2.45) is 10.6 Å². The molecule has 0 bridgehead atoms. The van der Waals surface area contributed by atoms with E-state index in [-0.39, 0.29) is 18.0 Å². The number of fused-ring (bicyclic) bond motifs is 1. The summed E-state index contributed by atoms with van der Waals surface area (Å²) < 4.78 is 10.9. The van der Waals surface area contributed by atoms with Gasteiger partial charge in [-0.05, 0) is 24.0 Å². The number of carbonyl (C=O) groups excluding carboxylic acids is 2. The van der Waals surface area contributed by atoms with Crippen LogP contribution < -0.4 is 5.32 Å². The molecule has 0 saturated carbocycles. The summed E-state index contributed by atoms with van der Waals surface area (Å²) in [5.74, 6) is -0.747. The van der Waals surface area contributed by atoms with E-state index in [0.717, 1.165) is 16.5 Å². The number of rotatable bonds is 11. The van der Waals surface area contributed by atoms with E-state index in [1.165, 1.54) is 14.0 Å². The number of methoxy groups -OCH3 is 1. The van der Waals surface area contributed by atoms with E-state index in [2.05, 4.69) is 15.5 Å². The fourth-order valence-corrected chi connectivity index (χ4v) is 4.55. The van der Waals surface area contributed by atoms with Crippen molar-refractivity contribution >= 4 is 28.4 Å². The van der Waals surface area contributed by atoms with Gasteiger partial charge in [0, 0.05) is 43.7 Å². The number of aromatic amines is 1. The summed E-state index contributed by atoms with van der Waals surface area (Å²) in [5.41, 5.74) is 1.45. The molecule has 1 aromatic heterocycles. The summed E-state index contributed by atoms with van der Waals surface area (Å²) in [6, 6.07) is 6.94. The highest BCUT2D eigenvalue weighted by molar-refractivity contribution is 5.93. The van der Waals surface area contributed by atoms with Crippen LogP contribution in [0.4, 0.5) is 0 Å². The minimum absolute atomic E-state index is 0.0718. The molecule has 4 N–H and O–H groups in total. The fourth-order valence-electron chi connectivity index (χ4n) is 4.55. The minimum atomic E-state index is -1.35. The standard InChI is InChI=1S/C27H40N4O7/c1-17(32)24(34)23(25(36-5)27(2,3)4)30-38-16-22(33)29-21(26(35)31-10-12-37-13-11-31)14-18-15-28-20-9-7-6-8-19(18)20/h6-9,15,17,21,24-25,28,32,34H,10-14,16H2,1-5H3,(H,29,33)/b30-23+/t17?,21?,24?,25-/m1/s1. The Morgan fingerprint density at radius 2 is 1.89 bits per heavy atom. The normalized spacial score (nSPS) is 18.1. The molecule has 1 aliphatic rings. The molecule has 38 heavy (non-hydrogen) atoms. The first kappa shape index (κ1) is 29.6. The van der Waals surface area contributed by atoms with E-state index in [4.69, 9.17) is 14.3 Å². The molecule has 11 heteroatoms. The molecule has 1 fully saturated rings. The van der Waals surface area contributed by atoms with E-state index in [1.807, 2.05) is 51.2 Å². The number of ether oxygens (including phenoxy) is 2. The highest BCUT2D eigenvalue weighted by Gasteiger charge is 2.36. The zero-order valence-electron chi connectivity index (χ0n) is 22.8. The van der Waals surface area contributed by atoms with Gasteiger partial charge in [-0.15, -0.1) is 0 Å². The van der Waals surface area contributed by atoms with Crippen LogP contribution in [0.5, 0.6) is 0 Å². The number of aromatic nitrogens is 1. The molecule has 0 spiro atoms. The van der Waals surface area contributed by atoms with Gasteiger partial charge >= 0.3 is 0 Å². The molecule has 0 aliphatic carbocycles. The number of nitrogens with zero attached hydrogens (tertiary/aromatic N) is 2. The van der Waals surface area contributed by atoms with E-state index in [0.29, 0.717) is 26.3 Å². The molecule has 2 aromatic rings. The number of hydrogen-bond donors (Lipinski definition) is 4. The Bertz CT molecular complexity index is 1100. The van der Waals surface area contributed by atoms with E-state index >= 15 is 0 Å². The van der Waals surface area contributed by atoms with Crippen LogP contribution in [0, 0.1) is 5.41 Å². The van der Waals surface area contributed by atoms with Gasteiger partial charge < -0.3 is 39.7 Å². The quantitative estimate of drug-likeness (QED) is 0.252. The Labute approximate surface area is 223 Å². The molecule has 1 aliphatic heterocycles. The third kappa shape index (κ3) is 7.53. The monoisotopic (exact) mass is 532 g/mol. The zero-order chi connectivity index (χ0) is 27.9. The van der Waals surface area contributed by atoms with Crippen molar-refractivity contribution in [3.05, 3.63) is 36.0 Å². The Balaban J connectivity index is 1.75. The summed E-state index contributed by atoms with van der Waals surface area (Å²) in [7, 11) is 1.47. The number of para-hydroxylation sites is 1. The maximum absolute atomic E-state index is 13.4. The second kappa shape index (κ2) is 13.2. The highest BCUT2D eigenvalue weighted by atomic mass is 16.6. The smallest absolute Gasteiger partial charge is 0.261 e. The lowest BCUT2D eigenvalue weighted by molar-refractivity contribution is -0.140. The van der Waals surface area contributed by atoms with Crippen LogP contribution in [0.25, 0.3) is 10.9 Å². The second-order valence-electron chi connectivity index (χ2n) is 10.6. The summed E-state index contributed by atoms with van der Waals surface area (Å²) in [6.45, 7) is 8.41.